The Kier molecular flexibility index (Phi) is 5.48. The minimum atomic E-state index is -3.95. The van der Waals surface area contributed by atoms with Gasteiger partial charge in [0.2, 0.25) is 15.9 Å². The van der Waals surface area contributed by atoms with Gasteiger partial charge in [0.05, 0.1) is 29.9 Å². The third-order valence-corrected chi connectivity index (χ3v) is 6.47. The van der Waals surface area contributed by atoms with E-state index in [0.29, 0.717) is 17.0 Å². The molecule has 5 rings (SSSR count). The van der Waals surface area contributed by atoms with Crippen LogP contribution in [0.15, 0.2) is 90.3 Å². The molecule has 0 aliphatic carbocycles. The van der Waals surface area contributed by atoms with Crippen molar-refractivity contribution in [3.8, 4) is 39.3 Å². The molecule has 0 radical (unpaired) electrons. The van der Waals surface area contributed by atoms with Crippen LogP contribution in [0.1, 0.15) is 0 Å². The minimum absolute atomic E-state index is 0.00225. The lowest BCUT2D eigenvalue weighted by Gasteiger charge is -2.13. The number of aromatic nitrogens is 4. The number of nitrogens with two attached hydrogens (primary N) is 1. The van der Waals surface area contributed by atoms with Crippen molar-refractivity contribution < 1.29 is 13.2 Å². The quantitative estimate of drug-likeness (QED) is 0.412. The first-order chi connectivity index (χ1) is 16.5. The fraction of sp³-hybridized carbons (Fsp3) is 0.0400. The molecule has 0 saturated carbocycles. The number of hydrogen-bond acceptors (Lipinski definition) is 7. The van der Waals surface area contributed by atoms with Crippen LogP contribution < -0.4 is 9.88 Å². The first kappa shape index (κ1) is 21.6. The molecule has 0 aliphatic rings. The molecule has 3 aromatic heterocycles. The molecule has 0 amide bonds. The van der Waals surface area contributed by atoms with Crippen LogP contribution >= 0.6 is 0 Å². The van der Waals surface area contributed by atoms with Crippen molar-refractivity contribution in [2.45, 2.75) is 4.90 Å². The zero-order valence-corrected chi connectivity index (χ0v) is 18.9. The summed E-state index contributed by atoms with van der Waals surface area (Å²) in [7, 11) is -2.46. The zero-order chi connectivity index (χ0) is 23.7. The molecule has 0 aliphatic heterocycles. The standard InChI is InChI=1S/C25H19N5O3S/c1-33-25-22(20-4-2-3-5-24(20)34(26,31)32)13-18(14-28-25)16-6-7-23-21(12-16)19(9-10-27-23)17-8-11-29-30-15-17/h2-15H,1H3,(H2,26,31,32). The van der Waals surface area contributed by atoms with Gasteiger partial charge in [0.1, 0.15) is 0 Å². The molecule has 0 fully saturated rings. The summed E-state index contributed by atoms with van der Waals surface area (Å²) in [6, 6.07) is 18.1. The van der Waals surface area contributed by atoms with Gasteiger partial charge in [-0.05, 0) is 47.5 Å². The van der Waals surface area contributed by atoms with Crippen LogP contribution in [0.3, 0.4) is 0 Å². The summed E-state index contributed by atoms with van der Waals surface area (Å²) in [6.45, 7) is 0. The number of pyridine rings is 2. The fourth-order valence-corrected chi connectivity index (χ4v) is 4.68. The second kappa shape index (κ2) is 8.62. The van der Waals surface area contributed by atoms with E-state index >= 15 is 0 Å². The van der Waals surface area contributed by atoms with Crippen molar-refractivity contribution in [2.24, 2.45) is 5.14 Å². The van der Waals surface area contributed by atoms with E-state index in [1.807, 2.05) is 36.4 Å². The summed E-state index contributed by atoms with van der Waals surface area (Å²) < 4.78 is 29.8. The predicted octanol–water partition coefficient (Wildman–Crippen LogP) is 4.08. The SMILES string of the molecule is COc1ncc(-c2ccc3nccc(-c4ccnnc4)c3c2)cc1-c1ccccc1S(N)(=O)=O. The highest BCUT2D eigenvalue weighted by Crippen LogP contribution is 2.37. The lowest BCUT2D eigenvalue weighted by molar-refractivity contribution is 0.399. The highest BCUT2D eigenvalue weighted by molar-refractivity contribution is 7.89. The Hall–Kier alpha value is -4.21. The summed E-state index contributed by atoms with van der Waals surface area (Å²) in [4.78, 5) is 8.93. The van der Waals surface area contributed by atoms with E-state index in [-0.39, 0.29) is 4.90 Å². The number of ether oxygens (including phenoxy) is 1. The molecule has 8 nitrogen and oxygen atoms in total. The van der Waals surface area contributed by atoms with Gasteiger partial charge >= 0.3 is 0 Å². The number of rotatable bonds is 5. The molecule has 3 heterocycles. The first-order valence-electron chi connectivity index (χ1n) is 10.3. The number of sulfonamides is 1. The maximum atomic E-state index is 12.2. The summed E-state index contributed by atoms with van der Waals surface area (Å²) in [6.07, 6.45) is 6.80. The van der Waals surface area contributed by atoms with Crippen LogP contribution in [-0.4, -0.2) is 35.7 Å². The minimum Gasteiger partial charge on any atom is -0.481 e. The van der Waals surface area contributed by atoms with Gasteiger partial charge in [-0.25, -0.2) is 18.5 Å². The molecule has 0 unspecified atom stereocenters. The summed E-state index contributed by atoms with van der Waals surface area (Å²) in [5, 5.41) is 14.2. The predicted molar refractivity (Wildman–Crippen MR) is 129 cm³/mol. The number of fused-ring (bicyclic) bond motifs is 1. The van der Waals surface area contributed by atoms with Crippen LogP contribution in [0, 0.1) is 0 Å². The monoisotopic (exact) mass is 469 g/mol. The topological polar surface area (TPSA) is 121 Å². The highest BCUT2D eigenvalue weighted by Gasteiger charge is 2.19. The van der Waals surface area contributed by atoms with E-state index in [1.165, 1.54) is 13.2 Å². The van der Waals surface area contributed by atoms with Crippen molar-refractivity contribution in [3.63, 3.8) is 0 Å². The Morgan fingerprint density at radius 3 is 2.38 bits per heavy atom. The van der Waals surface area contributed by atoms with Gasteiger partial charge in [0.25, 0.3) is 0 Å². The van der Waals surface area contributed by atoms with E-state index in [9.17, 15) is 8.42 Å². The van der Waals surface area contributed by atoms with Gasteiger partial charge in [-0.3, -0.25) is 4.98 Å². The molecule has 168 valence electrons. The van der Waals surface area contributed by atoms with Crippen LogP contribution in [-0.2, 0) is 10.0 Å². The second-order valence-electron chi connectivity index (χ2n) is 7.54. The molecule has 34 heavy (non-hydrogen) atoms. The van der Waals surface area contributed by atoms with E-state index in [0.717, 1.165) is 33.2 Å². The number of hydrogen-bond donors (Lipinski definition) is 1. The molecular weight excluding hydrogens is 450 g/mol. The third kappa shape index (κ3) is 3.98. The van der Waals surface area contributed by atoms with Gasteiger partial charge in [-0.15, -0.1) is 0 Å². The first-order valence-corrected chi connectivity index (χ1v) is 11.8. The second-order valence-corrected chi connectivity index (χ2v) is 9.07. The van der Waals surface area contributed by atoms with Crippen molar-refractivity contribution >= 4 is 20.9 Å². The Bertz CT molecular complexity index is 1620. The molecule has 0 saturated heterocycles. The number of methoxy groups -OCH3 is 1. The average Bonchev–Trinajstić information content (AvgIpc) is 2.87. The molecule has 9 heteroatoms. The van der Waals surface area contributed by atoms with Gasteiger partial charge in [0, 0.05) is 40.0 Å². The molecular formula is C25H19N5O3S. The van der Waals surface area contributed by atoms with Crippen molar-refractivity contribution in [2.75, 3.05) is 7.11 Å². The average molecular weight is 470 g/mol. The van der Waals surface area contributed by atoms with Crippen LogP contribution in [0.5, 0.6) is 5.88 Å². The summed E-state index contributed by atoms with van der Waals surface area (Å²) in [5.41, 5.74) is 5.34. The number of benzene rings is 2. The van der Waals surface area contributed by atoms with Crippen LogP contribution in [0.4, 0.5) is 0 Å². The molecule has 2 N–H and O–H groups in total. The third-order valence-electron chi connectivity index (χ3n) is 5.50. The Morgan fingerprint density at radius 1 is 0.765 bits per heavy atom. The molecule has 5 aromatic rings. The van der Waals surface area contributed by atoms with E-state index in [1.54, 1.807) is 43.0 Å². The van der Waals surface area contributed by atoms with Crippen molar-refractivity contribution in [3.05, 3.63) is 85.5 Å². The molecule has 0 atom stereocenters. The maximum absolute atomic E-state index is 12.2. The number of primary sulfonamides is 1. The Morgan fingerprint density at radius 2 is 1.62 bits per heavy atom. The summed E-state index contributed by atoms with van der Waals surface area (Å²) >= 11 is 0. The molecule has 0 spiro atoms. The highest BCUT2D eigenvalue weighted by atomic mass is 32.2. The largest absolute Gasteiger partial charge is 0.481 e. The van der Waals surface area contributed by atoms with E-state index < -0.39 is 10.0 Å². The Balaban J connectivity index is 1.70. The lowest BCUT2D eigenvalue weighted by Crippen LogP contribution is -2.13. The molecule has 0 bridgehead atoms. The summed E-state index contributed by atoms with van der Waals surface area (Å²) in [5.74, 6) is 0.297. The lowest BCUT2D eigenvalue weighted by atomic mass is 9.97. The van der Waals surface area contributed by atoms with E-state index in [4.69, 9.17) is 9.88 Å². The van der Waals surface area contributed by atoms with Crippen molar-refractivity contribution in [1.29, 1.82) is 0 Å². The van der Waals surface area contributed by atoms with E-state index in [2.05, 4.69) is 20.2 Å². The van der Waals surface area contributed by atoms with Crippen LogP contribution in [0.25, 0.3) is 44.3 Å². The van der Waals surface area contributed by atoms with Crippen molar-refractivity contribution in [1.82, 2.24) is 20.2 Å². The smallest absolute Gasteiger partial charge is 0.238 e. The number of nitrogens with zero attached hydrogens (tertiary/aromatic N) is 4. The molecule has 2 aromatic carbocycles. The Labute approximate surface area is 196 Å². The van der Waals surface area contributed by atoms with Gasteiger partial charge in [-0.2, -0.15) is 10.2 Å². The zero-order valence-electron chi connectivity index (χ0n) is 18.1. The van der Waals surface area contributed by atoms with Crippen LogP contribution in [0.2, 0.25) is 0 Å². The maximum Gasteiger partial charge on any atom is 0.238 e. The normalized spacial score (nSPS) is 11.5. The van der Waals surface area contributed by atoms with Gasteiger partial charge in [0.15, 0.2) is 0 Å². The van der Waals surface area contributed by atoms with Gasteiger partial charge in [-0.1, -0.05) is 24.3 Å². The fourth-order valence-electron chi connectivity index (χ4n) is 3.93. The van der Waals surface area contributed by atoms with Gasteiger partial charge < -0.3 is 4.74 Å².